The van der Waals surface area contributed by atoms with Crippen LogP contribution in [0.5, 0.6) is 0 Å². The molecule has 2 heteroatoms. The summed E-state index contributed by atoms with van der Waals surface area (Å²) in [6.07, 6.45) is 8.34. The third-order valence-electron chi connectivity index (χ3n) is 0.836. The minimum Gasteiger partial charge on any atom is -0.291 e. The summed E-state index contributed by atoms with van der Waals surface area (Å²) >= 11 is 0. The molecule has 0 fully saturated rings. The van der Waals surface area contributed by atoms with Gasteiger partial charge in [-0.15, -0.1) is 0 Å². The number of hydrogen-bond donors (Lipinski definition) is 0. The highest BCUT2D eigenvalue weighted by atomic mass is 16.1. The third kappa shape index (κ3) is 7.08. The van der Waals surface area contributed by atoms with Crippen molar-refractivity contribution in [3.63, 3.8) is 0 Å². The van der Waals surface area contributed by atoms with E-state index < -0.39 is 0 Å². The fourth-order valence-electron chi connectivity index (χ4n) is 0.424. The van der Waals surface area contributed by atoms with Crippen LogP contribution in [-0.2, 0) is 9.59 Å². The van der Waals surface area contributed by atoms with E-state index in [1.54, 1.807) is 18.6 Å². The Morgan fingerprint density at radius 2 is 2.11 bits per heavy atom. The second kappa shape index (κ2) is 7.08. The van der Waals surface area contributed by atoms with Crippen LogP contribution in [0.15, 0.2) is 12.2 Å². The maximum atomic E-state index is 9.61. The average Bonchev–Trinajstić information content (AvgIpc) is 1.89. The van der Waals surface area contributed by atoms with E-state index in [-0.39, 0.29) is 0 Å². The van der Waals surface area contributed by atoms with Gasteiger partial charge in [-0.05, 0) is 18.9 Å². The quantitative estimate of drug-likeness (QED) is 0.403. The van der Waals surface area contributed by atoms with Gasteiger partial charge in [0.2, 0.25) is 6.29 Å². The lowest BCUT2D eigenvalue weighted by atomic mass is 10.2. The molecule has 0 spiro atoms. The zero-order chi connectivity index (χ0) is 6.95. The van der Waals surface area contributed by atoms with Crippen molar-refractivity contribution in [2.24, 2.45) is 0 Å². The van der Waals surface area contributed by atoms with Crippen molar-refractivity contribution in [1.82, 2.24) is 0 Å². The van der Waals surface area contributed by atoms with Gasteiger partial charge < -0.3 is 0 Å². The fourth-order valence-corrected chi connectivity index (χ4v) is 0.424. The van der Waals surface area contributed by atoms with E-state index in [0.717, 1.165) is 12.8 Å². The highest BCUT2D eigenvalue weighted by molar-refractivity contribution is 5.65. The van der Waals surface area contributed by atoms with Crippen molar-refractivity contribution < 1.29 is 9.59 Å². The van der Waals surface area contributed by atoms with Crippen LogP contribution < -0.4 is 0 Å². The lowest BCUT2D eigenvalue weighted by Gasteiger charge is -1.82. The smallest absolute Gasteiger partial charge is 0.225 e. The predicted molar refractivity (Wildman–Crippen MR) is 34.4 cm³/mol. The summed E-state index contributed by atoms with van der Waals surface area (Å²) in [7, 11) is 0. The molecule has 0 amide bonds. The van der Waals surface area contributed by atoms with Crippen LogP contribution in [0, 0.1) is 0 Å². The molecule has 0 atom stereocenters. The highest BCUT2D eigenvalue weighted by Crippen LogP contribution is 1.92. The van der Waals surface area contributed by atoms with Crippen molar-refractivity contribution in [3.8, 4) is 0 Å². The van der Waals surface area contributed by atoms with Crippen molar-refractivity contribution in [3.05, 3.63) is 12.2 Å². The minimum absolute atomic E-state index is 0.448. The molecule has 2 nitrogen and oxygen atoms in total. The molecule has 48 valence electrons. The first-order valence-electron chi connectivity index (χ1n) is 2.79. The standard InChI is InChI=1S/C7H8O2/c8-6-4-2-1-3-5-7-9/h2,4H,1,3,5H2. The van der Waals surface area contributed by atoms with Crippen molar-refractivity contribution in [2.75, 3.05) is 0 Å². The molecule has 0 heterocycles. The summed E-state index contributed by atoms with van der Waals surface area (Å²) in [4.78, 5) is 19.2. The average molecular weight is 124 g/mol. The van der Waals surface area contributed by atoms with Gasteiger partial charge >= 0.3 is 0 Å². The summed E-state index contributed by atoms with van der Waals surface area (Å²) < 4.78 is 0. The summed E-state index contributed by atoms with van der Waals surface area (Å²) in [5.41, 5.74) is 0. The highest BCUT2D eigenvalue weighted by Gasteiger charge is 1.80. The molecular weight excluding hydrogens is 116 g/mol. The molecule has 9 heavy (non-hydrogen) atoms. The number of hydrogen-bond acceptors (Lipinski definition) is 2. The summed E-state index contributed by atoms with van der Waals surface area (Å²) in [6, 6.07) is 0. The van der Waals surface area contributed by atoms with Crippen molar-refractivity contribution >= 4 is 12.6 Å². The van der Waals surface area contributed by atoms with E-state index in [1.807, 2.05) is 0 Å². The molecule has 0 saturated heterocycles. The first-order chi connectivity index (χ1) is 4.41. The number of rotatable bonds is 5. The van der Waals surface area contributed by atoms with Gasteiger partial charge in [-0.3, -0.25) is 9.59 Å². The van der Waals surface area contributed by atoms with Crippen LogP contribution in [0.3, 0.4) is 0 Å². The molecule has 0 aromatic rings. The van der Waals surface area contributed by atoms with Gasteiger partial charge in [-0.2, -0.15) is 0 Å². The Kier molecular flexibility index (Phi) is 6.36. The zero-order valence-electron chi connectivity index (χ0n) is 5.09. The van der Waals surface area contributed by atoms with Crippen LogP contribution in [0.25, 0.3) is 0 Å². The number of unbranched alkanes of at least 4 members (excludes halogenated alkanes) is 2. The maximum Gasteiger partial charge on any atom is 0.225 e. The number of carbonyl (C=O) groups excluding carboxylic acids is 2. The molecule has 0 aliphatic carbocycles. The van der Waals surface area contributed by atoms with Crippen molar-refractivity contribution in [1.29, 1.82) is 0 Å². The first kappa shape index (κ1) is 8.08. The molecule has 0 saturated carbocycles. The Hall–Kier alpha value is -0.920. The van der Waals surface area contributed by atoms with Crippen LogP contribution in [0.2, 0.25) is 0 Å². The molecule has 0 aromatic heterocycles. The van der Waals surface area contributed by atoms with E-state index in [1.165, 1.54) is 6.08 Å². The molecule has 2 radical (unpaired) electrons. The molecule has 0 N–H and O–H groups in total. The Morgan fingerprint density at radius 1 is 1.33 bits per heavy atom. The largest absolute Gasteiger partial charge is 0.291 e. The van der Waals surface area contributed by atoms with E-state index in [4.69, 9.17) is 0 Å². The Morgan fingerprint density at radius 3 is 2.67 bits per heavy atom. The molecule has 0 bridgehead atoms. The Labute approximate surface area is 54.6 Å². The van der Waals surface area contributed by atoms with Gasteiger partial charge in [0.1, 0.15) is 0 Å². The second-order valence-corrected chi connectivity index (χ2v) is 1.56. The summed E-state index contributed by atoms with van der Waals surface area (Å²) in [6.45, 7) is 0. The first-order valence-corrected chi connectivity index (χ1v) is 2.79. The lowest BCUT2D eigenvalue weighted by molar-refractivity contribution is 0.549. The summed E-state index contributed by atoms with van der Waals surface area (Å²) in [5.74, 6) is 0. The van der Waals surface area contributed by atoms with E-state index >= 15 is 0 Å². The SMILES string of the molecule is O=[C]C=CCCC[C]=O. The molecule has 0 aliphatic heterocycles. The van der Waals surface area contributed by atoms with Gasteiger partial charge in [-0.25, -0.2) is 0 Å². The van der Waals surface area contributed by atoms with Crippen LogP contribution >= 0.6 is 0 Å². The molecular formula is C7H8O2. The van der Waals surface area contributed by atoms with E-state index in [0.29, 0.717) is 6.42 Å². The van der Waals surface area contributed by atoms with Gasteiger partial charge in [-0.1, -0.05) is 6.08 Å². The third-order valence-corrected chi connectivity index (χ3v) is 0.836. The molecule has 0 rings (SSSR count). The minimum atomic E-state index is 0.448. The van der Waals surface area contributed by atoms with Crippen LogP contribution in [0.1, 0.15) is 19.3 Å². The fraction of sp³-hybridized carbons (Fsp3) is 0.429. The molecule has 0 aromatic carbocycles. The molecule has 0 unspecified atom stereocenters. The predicted octanol–water partition coefficient (Wildman–Crippen LogP) is 0.932. The van der Waals surface area contributed by atoms with Gasteiger partial charge in [0.25, 0.3) is 0 Å². The maximum absolute atomic E-state index is 9.61. The Balaban J connectivity index is 2.98. The normalized spacial score (nSPS) is 9.78. The van der Waals surface area contributed by atoms with Crippen LogP contribution in [-0.4, -0.2) is 12.6 Å². The Bertz CT molecular complexity index is 105. The number of allylic oxidation sites excluding steroid dienone is 2. The zero-order valence-corrected chi connectivity index (χ0v) is 5.09. The monoisotopic (exact) mass is 124 g/mol. The van der Waals surface area contributed by atoms with Gasteiger partial charge in [0.15, 0.2) is 6.29 Å². The second-order valence-electron chi connectivity index (χ2n) is 1.56. The van der Waals surface area contributed by atoms with E-state index in [9.17, 15) is 9.59 Å². The van der Waals surface area contributed by atoms with Gasteiger partial charge in [0, 0.05) is 6.42 Å². The topological polar surface area (TPSA) is 34.1 Å². The lowest BCUT2D eigenvalue weighted by Crippen LogP contribution is -1.73. The van der Waals surface area contributed by atoms with Crippen LogP contribution in [0.4, 0.5) is 0 Å². The molecule has 0 aliphatic rings. The van der Waals surface area contributed by atoms with Crippen molar-refractivity contribution in [2.45, 2.75) is 19.3 Å². The summed E-state index contributed by atoms with van der Waals surface area (Å²) in [5, 5.41) is 0. The van der Waals surface area contributed by atoms with Gasteiger partial charge in [0.05, 0.1) is 0 Å². The van der Waals surface area contributed by atoms with E-state index in [2.05, 4.69) is 0 Å².